The fraction of sp³-hybridized carbons (Fsp3) is 0.421. The van der Waals surface area contributed by atoms with Gasteiger partial charge in [0.2, 0.25) is 0 Å². The van der Waals surface area contributed by atoms with Crippen LogP contribution in [-0.2, 0) is 4.74 Å². The number of aromatic nitrogens is 3. The van der Waals surface area contributed by atoms with E-state index in [-0.39, 0.29) is 17.6 Å². The number of methoxy groups -OCH3 is 1. The van der Waals surface area contributed by atoms with Gasteiger partial charge in [-0.2, -0.15) is 10.1 Å². The molecule has 9 nitrogen and oxygen atoms in total. The molecule has 0 bridgehead atoms. The number of hydrogen-bond donors (Lipinski definition) is 1. The Hall–Kier alpha value is -3.07. The minimum absolute atomic E-state index is 0.210. The number of carbonyl (C=O) groups excluding carboxylic acids is 1. The van der Waals surface area contributed by atoms with Crippen LogP contribution in [0.15, 0.2) is 29.0 Å². The van der Waals surface area contributed by atoms with Crippen LogP contribution >= 0.6 is 0 Å². The molecule has 0 saturated carbocycles. The van der Waals surface area contributed by atoms with E-state index in [0.717, 1.165) is 10.9 Å². The lowest BCUT2D eigenvalue weighted by atomic mass is 10.2. The zero-order chi connectivity index (χ0) is 19.7. The SMILES string of the molecule is COc1cc2nn(C(C)C)cc2cc1NC(=O)c1coc(N2CCOCC2)n1. The highest BCUT2D eigenvalue weighted by atomic mass is 16.5. The zero-order valence-electron chi connectivity index (χ0n) is 16.1. The molecule has 3 aromatic rings. The highest BCUT2D eigenvalue weighted by Crippen LogP contribution is 2.31. The Bertz CT molecular complexity index is 988. The molecule has 1 aliphatic rings. The van der Waals surface area contributed by atoms with E-state index in [0.29, 0.717) is 43.8 Å². The Morgan fingerprint density at radius 1 is 1.29 bits per heavy atom. The minimum Gasteiger partial charge on any atom is -0.494 e. The maximum absolute atomic E-state index is 12.7. The molecule has 4 rings (SSSR count). The van der Waals surface area contributed by atoms with E-state index >= 15 is 0 Å². The molecule has 1 aromatic carbocycles. The van der Waals surface area contributed by atoms with E-state index in [9.17, 15) is 4.79 Å². The van der Waals surface area contributed by atoms with Gasteiger partial charge < -0.3 is 24.1 Å². The Labute approximate surface area is 162 Å². The molecule has 28 heavy (non-hydrogen) atoms. The number of hydrogen-bond acceptors (Lipinski definition) is 7. The average Bonchev–Trinajstić information content (AvgIpc) is 3.35. The topological polar surface area (TPSA) is 94.6 Å². The van der Waals surface area contributed by atoms with Gasteiger partial charge in [-0.3, -0.25) is 9.48 Å². The molecule has 1 saturated heterocycles. The lowest BCUT2D eigenvalue weighted by molar-refractivity contribution is 0.102. The summed E-state index contributed by atoms with van der Waals surface area (Å²) in [7, 11) is 1.56. The van der Waals surface area contributed by atoms with Gasteiger partial charge in [0.1, 0.15) is 12.0 Å². The van der Waals surface area contributed by atoms with E-state index in [4.69, 9.17) is 13.9 Å². The molecule has 0 atom stereocenters. The van der Waals surface area contributed by atoms with Crippen molar-refractivity contribution in [3.05, 3.63) is 30.3 Å². The second-order valence-electron chi connectivity index (χ2n) is 6.88. The number of amides is 1. The van der Waals surface area contributed by atoms with Crippen molar-refractivity contribution in [2.24, 2.45) is 0 Å². The molecular weight excluding hydrogens is 362 g/mol. The minimum atomic E-state index is -0.364. The third kappa shape index (κ3) is 3.53. The monoisotopic (exact) mass is 385 g/mol. The number of carbonyl (C=O) groups is 1. The fourth-order valence-corrected chi connectivity index (χ4v) is 3.06. The smallest absolute Gasteiger partial charge is 0.298 e. The van der Waals surface area contributed by atoms with Gasteiger partial charge in [0, 0.05) is 36.8 Å². The van der Waals surface area contributed by atoms with Crippen LogP contribution in [0.1, 0.15) is 30.4 Å². The molecule has 9 heteroatoms. The number of nitrogens with zero attached hydrogens (tertiary/aromatic N) is 4. The van der Waals surface area contributed by atoms with Gasteiger partial charge in [0.25, 0.3) is 11.9 Å². The van der Waals surface area contributed by atoms with Crippen LogP contribution in [0.25, 0.3) is 10.9 Å². The van der Waals surface area contributed by atoms with Gasteiger partial charge in [-0.1, -0.05) is 0 Å². The molecule has 0 unspecified atom stereocenters. The van der Waals surface area contributed by atoms with E-state index in [2.05, 4.69) is 29.2 Å². The Morgan fingerprint density at radius 2 is 2.07 bits per heavy atom. The summed E-state index contributed by atoms with van der Waals surface area (Å²) >= 11 is 0. The van der Waals surface area contributed by atoms with Gasteiger partial charge in [0.05, 0.1) is 31.5 Å². The maximum Gasteiger partial charge on any atom is 0.298 e. The van der Waals surface area contributed by atoms with Crippen molar-refractivity contribution in [3.8, 4) is 5.75 Å². The van der Waals surface area contributed by atoms with E-state index in [1.165, 1.54) is 6.26 Å². The highest BCUT2D eigenvalue weighted by Gasteiger charge is 2.20. The molecule has 1 aliphatic heterocycles. The lowest BCUT2D eigenvalue weighted by Crippen LogP contribution is -2.36. The molecular formula is C19H23N5O4. The number of nitrogens with one attached hydrogen (secondary N) is 1. The molecule has 0 radical (unpaired) electrons. The standard InChI is InChI=1S/C19H23N5O4/c1-12(2)24-10-13-8-15(17(26-3)9-14(13)22-24)20-18(25)16-11-28-19(21-16)23-4-6-27-7-5-23/h8-12H,4-7H2,1-3H3,(H,20,25). The summed E-state index contributed by atoms with van der Waals surface area (Å²) in [6.07, 6.45) is 3.31. The van der Waals surface area contributed by atoms with Gasteiger partial charge in [-0.05, 0) is 19.9 Å². The van der Waals surface area contributed by atoms with Crippen molar-refractivity contribution in [1.82, 2.24) is 14.8 Å². The second-order valence-corrected chi connectivity index (χ2v) is 6.88. The summed E-state index contributed by atoms with van der Waals surface area (Å²) in [6.45, 7) is 6.72. The summed E-state index contributed by atoms with van der Waals surface area (Å²) in [4.78, 5) is 18.9. The van der Waals surface area contributed by atoms with Crippen LogP contribution < -0.4 is 15.0 Å². The van der Waals surface area contributed by atoms with Crippen molar-refractivity contribution in [2.45, 2.75) is 19.9 Å². The van der Waals surface area contributed by atoms with Crippen molar-refractivity contribution >= 4 is 28.5 Å². The van der Waals surface area contributed by atoms with Crippen LogP contribution in [-0.4, -0.2) is 54.1 Å². The first-order valence-electron chi connectivity index (χ1n) is 9.21. The largest absolute Gasteiger partial charge is 0.494 e. The molecule has 1 N–H and O–H groups in total. The molecule has 2 aromatic heterocycles. The quantitative estimate of drug-likeness (QED) is 0.721. The summed E-state index contributed by atoms with van der Waals surface area (Å²) < 4.78 is 18.1. The van der Waals surface area contributed by atoms with E-state index in [1.807, 2.05) is 27.9 Å². The lowest BCUT2D eigenvalue weighted by Gasteiger charge is -2.24. The molecule has 1 fully saturated rings. The summed E-state index contributed by atoms with van der Waals surface area (Å²) in [6, 6.07) is 4.33. The predicted molar refractivity (Wildman–Crippen MR) is 104 cm³/mol. The average molecular weight is 385 g/mol. The Kier molecular flexibility index (Phi) is 4.91. The number of anilines is 2. The van der Waals surface area contributed by atoms with Gasteiger partial charge >= 0.3 is 0 Å². The second kappa shape index (κ2) is 7.51. The van der Waals surface area contributed by atoms with E-state index < -0.39 is 0 Å². The maximum atomic E-state index is 12.7. The van der Waals surface area contributed by atoms with Crippen molar-refractivity contribution in [1.29, 1.82) is 0 Å². The van der Waals surface area contributed by atoms with Crippen LogP contribution in [0.4, 0.5) is 11.7 Å². The summed E-state index contributed by atoms with van der Waals surface area (Å²) in [5.41, 5.74) is 1.57. The van der Waals surface area contributed by atoms with Crippen molar-refractivity contribution in [2.75, 3.05) is 43.6 Å². The van der Waals surface area contributed by atoms with Gasteiger partial charge in [-0.25, -0.2) is 0 Å². The van der Waals surface area contributed by atoms with Crippen molar-refractivity contribution < 1.29 is 18.7 Å². The van der Waals surface area contributed by atoms with Crippen LogP contribution in [0.2, 0.25) is 0 Å². The number of morpholine rings is 1. The number of benzene rings is 1. The number of oxazole rings is 1. The third-order valence-electron chi connectivity index (χ3n) is 4.63. The first kappa shape index (κ1) is 18.3. The molecule has 148 valence electrons. The first-order valence-corrected chi connectivity index (χ1v) is 9.21. The van der Waals surface area contributed by atoms with E-state index in [1.54, 1.807) is 7.11 Å². The normalized spacial score (nSPS) is 14.6. The number of fused-ring (bicyclic) bond motifs is 1. The van der Waals surface area contributed by atoms with Crippen LogP contribution in [0.3, 0.4) is 0 Å². The number of ether oxygens (including phenoxy) is 2. The van der Waals surface area contributed by atoms with Crippen LogP contribution in [0.5, 0.6) is 5.75 Å². The fourth-order valence-electron chi connectivity index (χ4n) is 3.06. The Balaban J connectivity index is 1.56. The van der Waals surface area contributed by atoms with Crippen molar-refractivity contribution in [3.63, 3.8) is 0 Å². The first-order chi connectivity index (χ1) is 13.5. The third-order valence-corrected chi connectivity index (χ3v) is 4.63. The predicted octanol–water partition coefficient (Wildman–Crippen LogP) is 2.70. The van der Waals surface area contributed by atoms with Crippen LogP contribution in [0, 0.1) is 0 Å². The van der Waals surface area contributed by atoms with Gasteiger partial charge in [0.15, 0.2) is 5.69 Å². The molecule has 1 amide bonds. The zero-order valence-corrected chi connectivity index (χ0v) is 16.1. The summed E-state index contributed by atoms with van der Waals surface area (Å²) in [5, 5.41) is 8.31. The Morgan fingerprint density at radius 3 is 2.79 bits per heavy atom. The molecule has 3 heterocycles. The molecule has 0 aliphatic carbocycles. The number of rotatable bonds is 5. The molecule has 0 spiro atoms. The summed E-state index contributed by atoms with van der Waals surface area (Å²) in [5.74, 6) is 0.170. The van der Waals surface area contributed by atoms with Gasteiger partial charge in [-0.15, -0.1) is 0 Å². The highest BCUT2D eigenvalue weighted by molar-refractivity contribution is 6.05.